The molecule has 1 aromatic carbocycles. The molecule has 0 aliphatic rings. The summed E-state index contributed by atoms with van der Waals surface area (Å²) < 4.78 is 51.6. The summed E-state index contributed by atoms with van der Waals surface area (Å²) in [6.45, 7) is 1.72. The Hall–Kier alpha value is -1.52. The summed E-state index contributed by atoms with van der Waals surface area (Å²) in [5.41, 5.74) is 0. The van der Waals surface area contributed by atoms with Crippen LogP contribution < -0.4 is 4.72 Å². The molecule has 4 nitrogen and oxygen atoms in total. The van der Waals surface area contributed by atoms with E-state index in [1.807, 2.05) is 6.07 Å². The number of sulfonamides is 1. The molecule has 1 unspecified atom stereocenters. The molecule has 1 atom stereocenters. The van der Waals surface area contributed by atoms with E-state index >= 15 is 0 Å². The first kappa shape index (κ1) is 14.5. The maximum Gasteiger partial charge on any atom is 0.240 e. The first-order chi connectivity index (χ1) is 8.40. The molecule has 0 amide bonds. The fraction of sp³-hybridized carbons (Fsp3) is 0.364. The lowest BCUT2D eigenvalue weighted by Gasteiger charge is -2.13. The smallest absolute Gasteiger partial charge is 0.207 e. The summed E-state index contributed by atoms with van der Waals surface area (Å²) in [4.78, 5) is -0.363. The zero-order valence-corrected chi connectivity index (χ0v) is 10.5. The molecule has 7 heteroatoms. The van der Waals surface area contributed by atoms with Gasteiger partial charge in [0.25, 0.3) is 0 Å². The standard InChI is InChI=1S/C11H12F2N2O2S/c1-2-8(5-6-14)15-18(16,17)9-3-4-10(12)11(13)7-9/h3-4,7-8,15H,2,5H2,1H3. The van der Waals surface area contributed by atoms with Crippen LogP contribution in [0.1, 0.15) is 19.8 Å². The van der Waals surface area contributed by atoms with Gasteiger partial charge in [0.05, 0.1) is 17.4 Å². The van der Waals surface area contributed by atoms with E-state index in [2.05, 4.69) is 4.72 Å². The lowest BCUT2D eigenvalue weighted by molar-refractivity contribution is 0.502. The van der Waals surface area contributed by atoms with Crippen molar-refractivity contribution in [1.29, 1.82) is 5.26 Å². The monoisotopic (exact) mass is 274 g/mol. The van der Waals surface area contributed by atoms with Crippen LogP contribution in [0.2, 0.25) is 0 Å². The number of hydrogen-bond acceptors (Lipinski definition) is 3. The second-order valence-electron chi connectivity index (χ2n) is 3.66. The Labute approximate surface area is 104 Å². The number of halogens is 2. The van der Waals surface area contributed by atoms with E-state index < -0.39 is 27.7 Å². The quantitative estimate of drug-likeness (QED) is 0.892. The molecule has 1 rings (SSSR count). The third kappa shape index (κ3) is 3.48. The number of hydrogen-bond donors (Lipinski definition) is 1. The summed E-state index contributed by atoms with van der Waals surface area (Å²) in [6, 6.07) is 3.63. The van der Waals surface area contributed by atoms with Crippen molar-refractivity contribution in [2.75, 3.05) is 0 Å². The Morgan fingerprint density at radius 2 is 2.06 bits per heavy atom. The number of rotatable bonds is 5. The zero-order valence-electron chi connectivity index (χ0n) is 9.65. The van der Waals surface area contributed by atoms with E-state index in [1.165, 1.54) is 0 Å². The van der Waals surface area contributed by atoms with E-state index in [0.717, 1.165) is 12.1 Å². The predicted octanol–water partition coefficient (Wildman–Crippen LogP) is 1.94. The van der Waals surface area contributed by atoms with Crippen LogP contribution >= 0.6 is 0 Å². The summed E-state index contributed by atoms with van der Waals surface area (Å²) in [7, 11) is -3.94. The van der Waals surface area contributed by atoms with Gasteiger partial charge in [-0.2, -0.15) is 5.26 Å². The molecule has 0 fully saturated rings. The highest BCUT2D eigenvalue weighted by atomic mass is 32.2. The Morgan fingerprint density at radius 3 is 2.56 bits per heavy atom. The third-order valence-corrected chi connectivity index (χ3v) is 3.87. The van der Waals surface area contributed by atoms with E-state index in [1.54, 1.807) is 6.92 Å². The van der Waals surface area contributed by atoms with E-state index in [9.17, 15) is 17.2 Å². The molecule has 0 saturated heterocycles. The number of nitriles is 1. The molecule has 0 radical (unpaired) electrons. The van der Waals surface area contributed by atoms with Gasteiger partial charge in [-0.3, -0.25) is 0 Å². The van der Waals surface area contributed by atoms with Crippen molar-refractivity contribution in [3.63, 3.8) is 0 Å². The highest BCUT2D eigenvalue weighted by Gasteiger charge is 2.20. The van der Waals surface area contributed by atoms with Crippen molar-refractivity contribution in [2.24, 2.45) is 0 Å². The van der Waals surface area contributed by atoms with E-state index in [0.29, 0.717) is 12.5 Å². The SMILES string of the molecule is CCC(CC#N)NS(=O)(=O)c1ccc(F)c(F)c1. The molecular formula is C11H12F2N2O2S. The first-order valence-corrected chi connectivity index (χ1v) is 6.73. The van der Waals surface area contributed by atoms with Crippen LogP contribution in [-0.2, 0) is 10.0 Å². The van der Waals surface area contributed by atoms with Crippen LogP contribution in [-0.4, -0.2) is 14.5 Å². The molecule has 0 bridgehead atoms. The van der Waals surface area contributed by atoms with Crippen LogP contribution in [0.4, 0.5) is 8.78 Å². The molecule has 0 aliphatic carbocycles. The van der Waals surface area contributed by atoms with Crippen LogP contribution in [0.15, 0.2) is 23.1 Å². The Kier molecular flexibility index (Phi) is 4.76. The maximum absolute atomic E-state index is 13.0. The highest BCUT2D eigenvalue weighted by Crippen LogP contribution is 2.14. The highest BCUT2D eigenvalue weighted by molar-refractivity contribution is 7.89. The van der Waals surface area contributed by atoms with Crippen molar-refractivity contribution < 1.29 is 17.2 Å². The third-order valence-electron chi connectivity index (χ3n) is 2.35. The zero-order chi connectivity index (χ0) is 13.8. The fourth-order valence-electron chi connectivity index (χ4n) is 1.31. The van der Waals surface area contributed by atoms with Gasteiger partial charge in [-0.25, -0.2) is 21.9 Å². The lowest BCUT2D eigenvalue weighted by Crippen LogP contribution is -2.34. The van der Waals surface area contributed by atoms with Gasteiger partial charge in [-0.15, -0.1) is 0 Å². The van der Waals surface area contributed by atoms with Gasteiger partial charge in [0.2, 0.25) is 10.0 Å². The Bertz CT molecular complexity index is 567. The molecule has 0 spiro atoms. The average Bonchev–Trinajstić information content (AvgIpc) is 2.31. The minimum absolute atomic E-state index is 0.0133. The van der Waals surface area contributed by atoms with E-state index in [-0.39, 0.29) is 11.3 Å². The molecule has 0 aromatic heterocycles. The van der Waals surface area contributed by atoms with Crippen molar-refractivity contribution in [3.05, 3.63) is 29.8 Å². The minimum atomic E-state index is -3.94. The molecule has 0 saturated carbocycles. The van der Waals surface area contributed by atoms with Crippen LogP contribution in [0.5, 0.6) is 0 Å². The van der Waals surface area contributed by atoms with Crippen LogP contribution in [0.25, 0.3) is 0 Å². The molecule has 0 heterocycles. The minimum Gasteiger partial charge on any atom is -0.207 e. The molecule has 18 heavy (non-hydrogen) atoms. The average molecular weight is 274 g/mol. The van der Waals surface area contributed by atoms with Gasteiger partial charge in [0.15, 0.2) is 11.6 Å². The summed E-state index contributed by atoms with van der Waals surface area (Å²) in [5, 5.41) is 8.52. The van der Waals surface area contributed by atoms with Crippen molar-refractivity contribution in [3.8, 4) is 6.07 Å². The fourth-order valence-corrected chi connectivity index (χ4v) is 2.64. The molecule has 0 aliphatic heterocycles. The summed E-state index contributed by atoms with van der Waals surface area (Å²) >= 11 is 0. The second-order valence-corrected chi connectivity index (χ2v) is 5.38. The first-order valence-electron chi connectivity index (χ1n) is 5.25. The number of benzene rings is 1. The maximum atomic E-state index is 13.0. The summed E-state index contributed by atoms with van der Waals surface area (Å²) in [6.07, 6.45) is 0.440. The normalized spacial score (nSPS) is 13.0. The van der Waals surface area contributed by atoms with Crippen molar-refractivity contribution in [2.45, 2.75) is 30.7 Å². The second kappa shape index (κ2) is 5.89. The predicted molar refractivity (Wildman–Crippen MR) is 61.0 cm³/mol. The van der Waals surface area contributed by atoms with Crippen molar-refractivity contribution in [1.82, 2.24) is 4.72 Å². The number of nitrogens with zero attached hydrogens (tertiary/aromatic N) is 1. The molecular weight excluding hydrogens is 262 g/mol. The van der Waals surface area contributed by atoms with Crippen molar-refractivity contribution >= 4 is 10.0 Å². The van der Waals surface area contributed by atoms with Gasteiger partial charge in [-0.1, -0.05) is 6.92 Å². The van der Waals surface area contributed by atoms with Crippen LogP contribution in [0.3, 0.4) is 0 Å². The van der Waals surface area contributed by atoms with E-state index in [4.69, 9.17) is 5.26 Å². The lowest BCUT2D eigenvalue weighted by atomic mass is 10.2. The van der Waals surface area contributed by atoms with Gasteiger partial charge in [0.1, 0.15) is 0 Å². The molecule has 1 N–H and O–H groups in total. The summed E-state index contributed by atoms with van der Waals surface area (Å²) in [5.74, 6) is -2.34. The van der Waals surface area contributed by atoms with Crippen LogP contribution in [0, 0.1) is 23.0 Å². The number of nitrogens with one attached hydrogen (secondary N) is 1. The van der Waals surface area contributed by atoms with Gasteiger partial charge < -0.3 is 0 Å². The Balaban J connectivity index is 2.99. The van der Waals surface area contributed by atoms with Gasteiger partial charge in [-0.05, 0) is 24.6 Å². The molecule has 1 aromatic rings. The van der Waals surface area contributed by atoms with Gasteiger partial charge in [0, 0.05) is 6.04 Å². The van der Waals surface area contributed by atoms with Gasteiger partial charge >= 0.3 is 0 Å². The Morgan fingerprint density at radius 1 is 1.39 bits per heavy atom. The largest absolute Gasteiger partial charge is 0.240 e. The topological polar surface area (TPSA) is 70.0 Å². The molecule has 98 valence electrons.